The zero-order valence-corrected chi connectivity index (χ0v) is 16.0. The van der Waals surface area contributed by atoms with Crippen LogP contribution < -0.4 is 10.1 Å². The van der Waals surface area contributed by atoms with Gasteiger partial charge < -0.3 is 14.6 Å². The predicted molar refractivity (Wildman–Crippen MR) is 103 cm³/mol. The molecule has 0 atom stereocenters. The number of aromatic nitrogens is 3. The first-order valence-corrected chi connectivity index (χ1v) is 9.61. The van der Waals surface area contributed by atoms with Crippen LogP contribution in [-0.2, 0) is 6.54 Å². The molecule has 3 rings (SSSR count). The highest BCUT2D eigenvalue weighted by molar-refractivity contribution is 7.99. The molecule has 140 valence electrons. The van der Waals surface area contributed by atoms with Crippen molar-refractivity contribution in [3.05, 3.63) is 54.0 Å². The summed E-state index contributed by atoms with van der Waals surface area (Å²) in [6.45, 7) is 4.66. The maximum absolute atomic E-state index is 12.5. The van der Waals surface area contributed by atoms with E-state index < -0.39 is 0 Å². The molecule has 0 radical (unpaired) electrons. The molecule has 1 amide bonds. The van der Waals surface area contributed by atoms with Crippen LogP contribution in [0.5, 0.6) is 5.88 Å². The first kappa shape index (κ1) is 18.9. The first-order valence-electron chi connectivity index (χ1n) is 8.63. The molecule has 0 unspecified atom stereocenters. The number of rotatable bonds is 8. The third-order valence-electron chi connectivity index (χ3n) is 3.59. The molecule has 0 aliphatic carbocycles. The van der Waals surface area contributed by atoms with Crippen molar-refractivity contribution in [2.45, 2.75) is 25.3 Å². The molecule has 2 aromatic heterocycles. The van der Waals surface area contributed by atoms with Crippen molar-refractivity contribution < 1.29 is 14.1 Å². The van der Waals surface area contributed by atoms with Crippen molar-refractivity contribution in [2.24, 2.45) is 0 Å². The van der Waals surface area contributed by atoms with Crippen LogP contribution in [0.3, 0.4) is 0 Å². The molecule has 0 aliphatic rings. The normalized spacial score (nSPS) is 10.6. The zero-order valence-electron chi connectivity index (χ0n) is 15.1. The lowest BCUT2D eigenvalue weighted by molar-refractivity contribution is 0.0943. The average molecular weight is 384 g/mol. The molecule has 2 heterocycles. The van der Waals surface area contributed by atoms with E-state index in [0.29, 0.717) is 35.3 Å². The van der Waals surface area contributed by atoms with Gasteiger partial charge >= 0.3 is 0 Å². The summed E-state index contributed by atoms with van der Waals surface area (Å²) < 4.78 is 10.5. The smallest absolute Gasteiger partial charge is 0.252 e. The van der Waals surface area contributed by atoms with Gasteiger partial charge in [0.05, 0.1) is 18.7 Å². The summed E-state index contributed by atoms with van der Waals surface area (Å²) in [5, 5.41) is 6.76. The molecule has 1 aromatic carbocycles. The van der Waals surface area contributed by atoms with Crippen molar-refractivity contribution in [2.75, 3.05) is 12.4 Å². The van der Waals surface area contributed by atoms with Crippen LogP contribution in [0.2, 0.25) is 0 Å². The fraction of sp³-hybridized carbons (Fsp3) is 0.263. The number of nitrogens with zero attached hydrogens (tertiary/aromatic N) is 3. The Morgan fingerprint density at radius 2 is 2.07 bits per heavy atom. The standard InChI is InChI=1S/C19H20N4O3S/c1-3-25-16-10-9-13(11-20-16)18-22-17(26-23-18)12-21-19(24)14-7-5-6-8-15(14)27-4-2/h5-11H,3-4,12H2,1-2H3,(H,21,24). The van der Waals surface area contributed by atoms with E-state index in [2.05, 4.69) is 27.4 Å². The molecule has 27 heavy (non-hydrogen) atoms. The molecule has 3 aromatic rings. The van der Waals surface area contributed by atoms with E-state index in [-0.39, 0.29) is 12.5 Å². The van der Waals surface area contributed by atoms with Gasteiger partial charge in [0.25, 0.3) is 5.91 Å². The maximum atomic E-state index is 12.5. The monoisotopic (exact) mass is 384 g/mol. The number of amides is 1. The van der Waals surface area contributed by atoms with Crippen molar-refractivity contribution in [3.8, 4) is 17.3 Å². The number of pyridine rings is 1. The van der Waals surface area contributed by atoms with Gasteiger partial charge in [0.2, 0.25) is 17.6 Å². The highest BCUT2D eigenvalue weighted by Gasteiger charge is 2.14. The van der Waals surface area contributed by atoms with Gasteiger partial charge in [-0.2, -0.15) is 4.98 Å². The number of carbonyl (C=O) groups excluding carboxylic acids is 1. The Balaban J connectivity index is 1.63. The summed E-state index contributed by atoms with van der Waals surface area (Å²) in [5.74, 6) is 2.01. The van der Waals surface area contributed by atoms with E-state index in [0.717, 1.165) is 10.6 Å². The van der Waals surface area contributed by atoms with Crippen LogP contribution in [0.4, 0.5) is 0 Å². The molecule has 0 spiro atoms. The second-order valence-electron chi connectivity index (χ2n) is 5.44. The summed E-state index contributed by atoms with van der Waals surface area (Å²) in [6.07, 6.45) is 1.62. The summed E-state index contributed by atoms with van der Waals surface area (Å²) in [6, 6.07) is 11.1. The molecule has 0 saturated heterocycles. The highest BCUT2D eigenvalue weighted by atomic mass is 32.2. The summed E-state index contributed by atoms with van der Waals surface area (Å²) in [4.78, 5) is 21.9. The van der Waals surface area contributed by atoms with Crippen LogP contribution in [-0.4, -0.2) is 33.4 Å². The summed E-state index contributed by atoms with van der Waals surface area (Å²) >= 11 is 1.63. The second-order valence-corrected chi connectivity index (χ2v) is 6.75. The molecule has 0 aliphatic heterocycles. The molecule has 1 N–H and O–H groups in total. The van der Waals surface area contributed by atoms with Gasteiger partial charge in [0.1, 0.15) is 0 Å². The van der Waals surface area contributed by atoms with Crippen LogP contribution in [0.25, 0.3) is 11.4 Å². The number of benzene rings is 1. The van der Waals surface area contributed by atoms with E-state index in [4.69, 9.17) is 9.26 Å². The van der Waals surface area contributed by atoms with Gasteiger partial charge in [-0.15, -0.1) is 11.8 Å². The van der Waals surface area contributed by atoms with E-state index in [9.17, 15) is 4.79 Å². The molecule has 0 fully saturated rings. The first-order chi connectivity index (χ1) is 13.2. The van der Waals surface area contributed by atoms with Crippen LogP contribution in [0, 0.1) is 0 Å². The quantitative estimate of drug-likeness (QED) is 0.594. The van der Waals surface area contributed by atoms with E-state index in [1.165, 1.54) is 0 Å². The van der Waals surface area contributed by atoms with Crippen molar-refractivity contribution in [1.29, 1.82) is 0 Å². The molecule has 7 nitrogen and oxygen atoms in total. The Kier molecular flexibility index (Phi) is 6.43. The summed E-state index contributed by atoms with van der Waals surface area (Å²) in [5.41, 5.74) is 1.35. The number of thioether (sulfide) groups is 1. The van der Waals surface area contributed by atoms with Crippen LogP contribution >= 0.6 is 11.8 Å². The van der Waals surface area contributed by atoms with E-state index in [1.807, 2.05) is 31.2 Å². The van der Waals surface area contributed by atoms with Crippen molar-refractivity contribution >= 4 is 17.7 Å². The van der Waals surface area contributed by atoms with Gasteiger partial charge in [-0.25, -0.2) is 4.98 Å². The van der Waals surface area contributed by atoms with Gasteiger partial charge in [0, 0.05) is 22.7 Å². The number of carbonyl (C=O) groups is 1. The lowest BCUT2D eigenvalue weighted by atomic mass is 10.2. The average Bonchev–Trinajstić information content (AvgIpc) is 3.17. The minimum atomic E-state index is -0.172. The van der Waals surface area contributed by atoms with Crippen LogP contribution in [0.1, 0.15) is 30.1 Å². The predicted octanol–water partition coefficient (Wildman–Crippen LogP) is 3.57. The van der Waals surface area contributed by atoms with Gasteiger partial charge in [-0.1, -0.05) is 24.2 Å². The minimum Gasteiger partial charge on any atom is -0.478 e. The number of hydrogen-bond donors (Lipinski definition) is 1. The van der Waals surface area contributed by atoms with E-state index in [1.54, 1.807) is 30.1 Å². The SMILES string of the molecule is CCOc1ccc(-c2noc(CNC(=O)c3ccccc3SCC)n2)cn1. The fourth-order valence-electron chi connectivity index (χ4n) is 2.38. The summed E-state index contributed by atoms with van der Waals surface area (Å²) in [7, 11) is 0. The zero-order chi connectivity index (χ0) is 19.1. The molecule has 0 bridgehead atoms. The van der Waals surface area contributed by atoms with Gasteiger partial charge in [-0.3, -0.25) is 4.79 Å². The van der Waals surface area contributed by atoms with Gasteiger partial charge in [-0.05, 0) is 30.9 Å². The fourth-order valence-corrected chi connectivity index (χ4v) is 3.18. The third-order valence-corrected chi connectivity index (χ3v) is 4.54. The molecule has 8 heteroatoms. The van der Waals surface area contributed by atoms with Gasteiger partial charge in [0.15, 0.2) is 0 Å². The number of ether oxygens (including phenoxy) is 1. The van der Waals surface area contributed by atoms with Crippen molar-refractivity contribution in [3.63, 3.8) is 0 Å². The Hall–Kier alpha value is -2.87. The minimum absolute atomic E-state index is 0.154. The Labute approximate surface area is 161 Å². The Morgan fingerprint density at radius 1 is 1.22 bits per heavy atom. The highest BCUT2D eigenvalue weighted by Crippen LogP contribution is 2.22. The molecular weight excluding hydrogens is 364 g/mol. The Morgan fingerprint density at radius 3 is 2.81 bits per heavy atom. The van der Waals surface area contributed by atoms with Crippen molar-refractivity contribution in [1.82, 2.24) is 20.4 Å². The maximum Gasteiger partial charge on any atom is 0.252 e. The molecule has 0 saturated carbocycles. The third kappa shape index (κ3) is 4.85. The van der Waals surface area contributed by atoms with Crippen LogP contribution in [0.15, 0.2) is 52.0 Å². The number of nitrogens with one attached hydrogen (secondary N) is 1. The lowest BCUT2D eigenvalue weighted by Crippen LogP contribution is -2.23. The topological polar surface area (TPSA) is 90.1 Å². The number of hydrogen-bond acceptors (Lipinski definition) is 7. The largest absolute Gasteiger partial charge is 0.478 e. The lowest BCUT2D eigenvalue weighted by Gasteiger charge is -2.07. The van der Waals surface area contributed by atoms with E-state index >= 15 is 0 Å². The second kappa shape index (κ2) is 9.18. The molecular formula is C19H20N4O3S. The Bertz CT molecular complexity index is 896.